The van der Waals surface area contributed by atoms with Crippen LogP contribution in [0.3, 0.4) is 0 Å². The second-order valence-electron chi connectivity index (χ2n) is 2.45. The summed E-state index contributed by atoms with van der Waals surface area (Å²) in [7, 11) is 0. The molecule has 0 aliphatic rings. The molecule has 0 radical (unpaired) electrons. The zero-order valence-corrected chi connectivity index (χ0v) is 11.4. The van der Waals surface area contributed by atoms with Gasteiger partial charge in [0.2, 0.25) is 0 Å². The molecule has 76 valence electrons. The van der Waals surface area contributed by atoms with Crippen molar-refractivity contribution in [1.29, 1.82) is 0 Å². The van der Waals surface area contributed by atoms with Crippen LogP contribution in [-0.2, 0) is 0 Å². The highest BCUT2D eigenvalue weighted by atomic mass is 79.9. The van der Waals surface area contributed by atoms with Crippen LogP contribution in [0.15, 0.2) is 21.3 Å². The molecule has 0 N–H and O–H groups in total. The lowest BCUT2D eigenvalue weighted by Crippen LogP contribution is -1.94. The summed E-state index contributed by atoms with van der Waals surface area (Å²) >= 11 is 6.72. The summed E-state index contributed by atoms with van der Waals surface area (Å²) in [4.78, 5) is 4.19. The van der Waals surface area contributed by atoms with Gasteiger partial charge < -0.3 is 0 Å². The first-order valence-corrected chi connectivity index (χ1v) is 5.93. The van der Waals surface area contributed by atoms with Crippen LogP contribution in [0.5, 0.6) is 0 Å². The second-order valence-corrected chi connectivity index (χ2v) is 4.12. The highest BCUT2D eigenvalue weighted by Gasteiger charge is 2.04. The Kier molecular flexibility index (Phi) is 4.07. The molecular formula is C9H11Br2N3. The Bertz CT molecular complexity index is 437. The summed E-state index contributed by atoms with van der Waals surface area (Å²) in [6, 6.07) is 1.88. The van der Waals surface area contributed by atoms with Gasteiger partial charge in [0, 0.05) is 0 Å². The van der Waals surface area contributed by atoms with Gasteiger partial charge in [0.1, 0.15) is 4.60 Å². The third-order valence-corrected chi connectivity index (χ3v) is 2.53. The summed E-state index contributed by atoms with van der Waals surface area (Å²) < 4.78 is 3.52. The van der Waals surface area contributed by atoms with Crippen LogP contribution < -0.4 is 0 Å². The van der Waals surface area contributed by atoms with Crippen molar-refractivity contribution in [2.45, 2.75) is 20.8 Å². The van der Waals surface area contributed by atoms with Gasteiger partial charge in [0.25, 0.3) is 0 Å². The minimum absolute atomic E-state index is 0.794. The van der Waals surface area contributed by atoms with E-state index >= 15 is 0 Å². The smallest absolute Gasteiger partial charge is 0.168 e. The third-order valence-electron chi connectivity index (χ3n) is 1.56. The zero-order chi connectivity index (χ0) is 10.7. The molecule has 2 rings (SSSR count). The van der Waals surface area contributed by atoms with Crippen LogP contribution in [0.1, 0.15) is 19.5 Å². The molecule has 14 heavy (non-hydrogen) atoms. The van der Waals surface area contributed by atoms with E-state index in [1.165, 1.54) is 0 Å². The predicted octanol–water partition coefficient (Wildman–Crippen LogP) is 3.59. The fraction of sp³-hybridized carbons (Fsp3) is 0.333. The number of hydrogen-bond donors (Lipinski definition) is 0. The minimum atomic E-state index is 0.794. The Morgan fingerprint density at radius 3 is 2.57 bits per heavy atom. The summed E-state index contributed by atoms with van der Waals surface area (Å²) in [5.74, 6) is 0. The maximum atomic E-state index is 4.24. The molecule has 0 saturated heterocycles. The topological polar surface area (TPSA) is 30.2 Å². The zero-order valence-electron chi connectivity index (χ0n) is 8.25. The monoisotopic (exact) mass is 319 g/mol. The number of rotatable bonds is 0. The summed E-state index contributed by atoms with van der Waals surface area (Å²) in [5.41, 5.74) is 1.86. The summed E-state index contributed by atoms with van der Waals surface area (Å²) in [5, 5.41) is 4.24. The Hall–Kier alpha value is -0.420. The van der Waals surface area contributed by atoms with E-state index < -0.39 is 0 Å². The molecule has 0 unspecified atom stereocenters. The maximum Gasteiger partial charge on any atom is 0.168 e. The fourth-order valence-corrected chi connectivity index (χ4v) is 2.20. The molecule has 0 fully saturated rings. The van der Waals surface area contributed by atoms with Crippen molar-refractivity contribution in [3.05, 3.63) is 27.0 Å². The van der Waals surface area contributed by atoms with E-state index in [1.54, 1.807) is 10.7 Å². The van der Waals surface area contributed by atoms with Crippen molar-refractivity contribution in [2.24, 2.45) is 0 Å². The van der Waals surface area contributed by atoms with Crippen molar-refractivity contribution in [3.63, 3.8) is 0 Å². The van der Waals surface area contributed by atoms with Gasteiger partial charge in [-0.05, 0) is 44.8 Å². The van der Waals surface area contributed by atoms with Crippen LogP contribution in [0.2, 0.25) is 0 Å². The van der Waals surface area contributed by atoms with Crippen molar-refractivity contribution >= 4 is 37.5 Å². The van der Waals surface area contributed by atoms with Crippen LogP contribution in [0.25, 0.3) is 5.65 Å². The first kappa shape index (κ1) is 11.7. The number of hydrogen-bond acceptors (Lipinski definition) is 2. The largest absolute Gasteiger partial charge is 0.234 e. The van der Waals surface area contributed by atoms with Crippen molar-refractivity contribution in [2.75, 3.05) is 0 Å². The molecule has 5 heteroatoms. The van der Waals surface area contributed by atoms with E-state index in [4.69, 9.17) is 0 Å². The lowest BCUT2D eigenvalue weighted by Gasteiger charge is -1.97. The van der Waals surface area contributed by atoms with Gasteiger partial charge in [0.05, 0.1) is 16.4 Å². The van der Waals surface area contributed by atoms with Crippen LogP contribution >= 0.6 is 31.9 Å². The fourth-order valence-electron chi connectivity index (χ4n) is 1.01. The molecule has 0 aromatic carbocycles. The van der Waals surface area contributed by atoms with Crippen molar-refractivity contribution in [1.82, 2.24) is 14.6 Å². The predicted molar refractivity (Wildman–Crippen MR) is 64.5 cm³/mol. The average molecular weight is 321 g/mol. The SMILES string of the molecule is CC.Cc1cnc2c(Br)cc(Br)nn12. The van der Waals surface area contributed by atoms with Crippen LogP contribution in [-0.4, -0.2) is 14.6 Å². The summed E-state index contributed by atoms with van der Waals surface area (Å²) in [6.45, 7) is 5.96. The number of nitrogens with zero attached hydrogens (tertiary/aromatic N) is 3. The van der Waals surface area contributed by atoms with Gasteiger partial charge in [-0.3, -0.25) is 0 Å². The Balaban J connectivity index is 0.000000461. The van der Waals surface area contributed by atoms with Crippen molar-refractivity contribution < 1.29 is 0 Å². The minimum Gasteiger partial charge on any atom is -0.234 e. The maximum absolute atomic E-state index is 4.24. The molecule has 0 spiro atoms. The van der Waals surface area contributed by atoms with Gasteiger partial charge in [-0.2, -0.15) is 5.10 Å². The highest BCUT2D eigenvalue weighted by molar-refractivity contribution is 9.11. The molecule has 0 aliphatic heterocycles. The molecule has 0 amide bonds. The molecular weight excluding hydrogens is 310 g/mol. The Morgan fingerprint density at radius 2 is 1.93 bits per heavy atom. The molecule has 0 bridgehead atoms. The third kappa shape index (κ3) is 2.15. The molecule has 2 heterocycles. The van der Waals surface area contributed by atoms with Gasteiger partial charge >= 0.3 is 0 Å². The Morgan fingerprint density at radius 1 is 1.29 bits per heavy atom. The summed E-state index contributed by atoms with van der Waals surface area (Å²) in [6.07, 6.45) is 1.79. The number of aryl methyl sites for hydroxylation is 1. The van der Waals surface area contributed by atoms with Crippen LogP contribution in [0.4, 0.5) is 0 Å². The normalized spacial score (nSPS) is 9.79. The molecule has 2 aromatic heterocycles. The van der Waals surface area contributed by atoms with Crippen molar-refractivity contribution in [3.8, 4) is 0 Å². The first-order chi connectivity index (χ1) is 6.68. The standard InChI is InChI=1S/C7H5Br2N3.C2H6/c1-4-3-10-7-5(8)2-6(9)11-12(4)7;1-2/h2-3H,1H3;1-2H3. The van der Waals surface area contributed by atoms with Crippen LogP contribution in [0, 0.1) is 6.92 Å². The number of fused-ring (bicyclic) bond motifs is 1. The van der Waals surface area contributed by atoms with E-state index in [2.05, 4.69) is 41.9 Å². The first-order valence-electron chi connectivity index (χ1n) is 4.35. The highest BCUT2D eigenvalue weighted by Crippen LogP contribution is 2.20. The van der Waals surface area contributed by atoms with Gasteiger partial charge in [0.15, 0.2) is 5.65 Å². The number of imidazole rings is 1. The van der Waals surface area contributed by atoms with E-state index in [-0.39, 0.29) is 0 Å². The molecule has 0 aliphatic carbocycles. The lowest BCUT2D eigenvalue weighted by molar-refractivity contribution is 0.879. The van der Waals surface area contributed by atoms with Gasteiger partial charge in [-0.25, -0.2) is 9.50 Å². The number of aromatic nitrogens is 3. The molecule has 0 saturated carbocycles. The van der Waals surface area contributed by atoms with E-state index in [9.17, 15) is 0 Å². The van der Waals surface area contributed by atoms with Gasteiger partial charge in [-0.15, -0.1) is 0 Å². The average Bonchev–Trinajstić information content (AvgIpc) is 2.52. The molecule has 2 aromatic rings. The second kappa shape index (κ2) is 4.89. The van der Waals surface area contributed by atoms with E-state index in [0.29, 0.717) is 0 Å². The molecule has 0 atom stereocenters. The van der Waals surface area contributed by atoms with Gasteiger partial charge in [-0.1, -0.05) is 13.8 Å². The molecule has 3 nitrogen and oxygen atoms in total. The van der Waals surface area contributed by atoms with E-state index in [1.807, 2.05) is 26.8 Å². The lowest BCUT2D eigenvalue weighted by atomic mass is 10.5. The quantitative estimate of drug-likeness (QED) is 0.742. The van der Waals surface area contributed by atoms with E-state index in [0.717, 1.165) is 20.4 Å². The number of halogens is 2. The Labute approximate surface area is 99.8 Å².